The van der Waals surface area contributed by atoms with Crippen LogP contribution in [-0.4, -0.2) is 28.9 Å². The molecule has 2 aromatic carbocycles. The number of hydrogen-bond donors (Lipinski definition) is 2. The Labute approximate surface area is 216 Å². The molecule has 0 heterocycles. The minimum Gasteiger partial charge on any atom is -0.352 e. The second kappa shape index (κ2) is 9.88. The number of nitrogens with one attached hydrogen (secondary N) is 2. The Hall–Kier alpha value is -1.09. The average Bonchev–Trinajstić information content (AvgIpc) is 3.25. The van der Waals surface area contributed by atoms with Crippen molar-refractivity contribution in [2.24, 2.45) is 5.92 Å². The average molecular weight is 583 g/mol. The fourth-order valence-corrected chi connectivity index (χ4v) is 5.07. The lowest BCUT2D eigenvalue weighted by molar-refractivity contribution is -0.133. The molecule has 0 saturated heterocycles. The highest BCUT2D eigenvalue weighted by molar-refractivity contribution is 6.53. The van der Waals surface area contributed by atoms with E-state index in [0.717, 1.165) is 0 Å². The van der Waals surface area contributed by atoms with E-state index < -0.39 is 47.1 Å². The third-order valence-corrected chi connectivity index (χ3v) is 6.99. The van der Waals surface area contributed by atoms with E-state index in [4.69, 9.17) is 69.6 Å². The van der Waals surface area contributed by atoms with Gasteiger partial charge in [-0.15, -0.1) is 23.2 Å². The Bertz CT molecular complexity index is 1090. The molecule has 33 heavy (non-hydrogen) atoms. The summed E-state index contributed by atoms with van der Waals surface area (Å²) in [4.78, 5) is 25.1. The summed E-state index contributed by atoms with van der Waals surface area (Å²) in [6.45, 7) is -0.653. The molecular formula is C20H13Cl6F3N2O2. The van der Waals surface area contributed by atoms with Crippen LogP contribution in [0.1, 0.15) is 28.3 Å². The molecule has 0 unspecified atom stereocenters. The highest BCUT2D eigenvalue weighted by Crippen LogP contribution is 2.65. The van der Waals surface area contributed by atoms with Crippen LogP contribution in [0, 0.1) is 5.92 Å². The van der Waals surface area contributed by atoms with Crippen molar-refractivity contribution in [1.82, 2.24) is 5.32 Å². The van der Waals surface area contributed by atoms with Gasteiger partial charge in [0.25, 0.3) is 5.91 Å². The third-order valence-electron chi connectivity index (χ3n) is 4.81. The highest BCUT2D eigenvalue weighted by atomic mass is 35.5. The first kappa shape index (κ1) is 26.5. The zero-order valence-electron chi connectivity index (χ0n) is 16.2. The van der Waals surface area contributed by atoms with E-state index in [-0.39, 0.29) is 21.3 Å². The third kappa shape index (κ3) is 6.32. The topological polar surface area (TPSA) is 58.2 Å². The Kier molecular flexibility index (Phi) is 7.94. The van der Waals surface area contributed by atoms with Crippen molar-refractivity contribution in [1.29, 1.82) is 0 Å². The van der Waals surface area contributed by atoms with Crippen LogP contribution < -0.4 is 10.6 Å². The molecule has 13 heteroatoms. The minimum atomic E-state index is -4.44. The number of carbonyl (C=O) groups is 2. The van der Waals surface area contributed by atoms with Crippen molar-refractivity contribution >= 4 is 87.1 Å². The maximum Gasteiger partial charge on any atom is 0.390 e. The van der Waals surface area contributed by atoms with Gasteiger partial charge in [-0.1, -0.05) is 46.4 Å². The predicted molar refractivity (Wildman–Crippen MR) is 125 cm³/mol. The lowest BCUT2D eigenvalue weighted by Gasteiger charge is -2.12. The van der Waals surface area contributed by atoms with Gasteiger partial charge >= 0.3 is 6.18 Å². The number of alkyl halides is 5. The maximum absolute atomic E-state index is 12.9. The van der Waals surface area contributed by atoms with Gasteiger partial charge in [-0.25, -0.2) is 0 Å². The Morgan fingerprint density at radius 3 is 2.15 bits per heavy atom. The van der Waals surface area contributed by atoms with Gasteiger partial charge in [0.1, 0.15) is 4.33 Å². The molecule has 1 saturated carbocycles. The van der Waals surface area contributed by atoms with Gasteiger partial charge in [0.05, 0.1) is 27.9 Å². The van der Waals surface area contributed by atoms with Crippen LogP contribution in [0.5, 0.6) is 0 Å². The van der Waals surface area contributed by atoms with E-state index in [9.17, 15) is 22.8 Å². The zero-order valence-corrected chi connectivity index (χ0v) is 20.7. The second-order valence-corrected chi connectivity index (χ2v) is 10.4. The zero-order chi connectivity index (χ0) is 24.7. The summed E-state index contributed by atoms with van der Waals surface area (Å²) < 4.78 is 35.5. The Morgan fingerprint density at radius 1 is 0.970 bits per heavy atom. The SMILES string of the molecule is O=C(NCCC(F)(F)F)c1cc(NC(=O)[C@H]2[C@H](c3cc(Cl)cc(Cl)c3)C2(Cl)Cl)cc(Cl)c1Cl. The lowest BCUT2D eigenvalue weighted by Crippen LogP contribution is -2.28. The number of amides is 2. The molecule has 2 N–H and O–H groups in total. The van der Waals surface area contributed by atoms with Gasteiger partial charge in [-0.3, -0.25) is 9.59 Å². The van der Waals surface area contributed by atoms with Crippen molar-refractivity contribution in [3.8, 4) is 0 Å². The Balaban J connectivity index is 1.76. The summed E-state index contributed by atoms with van der Waals surface area (Å²) >= 11 is 36.7. The molecule has 2 aromatic rings. The largest absolute Gasteiger partial charge is 0.390 e. The molecule has 0 aliphatic heterocycles. The number of rotatable bonds is 6. The normalized spacial score (nSPS) is 19.2. The van der Waals surface area contributed by atoms with Crippen LogP contribution in [0.2, 0.25) is 20.1 Å². The quantitative estimate of drug-likeness (QED) is 0.346. The van der Waals surface area contributed by atoms with Crippen LogP contribution in [0.4, 0.5) is 18.9 Å². The van der Waals surface area contributed by atoms with Gasteiger partial charge in [0, 0.05) is 28.2 Å². The number of anilines is 1. The summed E-state index contributed by atoms with van der Waals surface area (Å²) in [5.41, 5.74) is 0.435. The van der Waals surface area contributed by atoms with E-state index in [0.29, 0.717) is 15.6 Å². The van der Waals surface area contributed by atoms with E-state index in [2.05, 4.69) is 10.6 Å². The van der Waals surface area contributed by atoms with Crippen LogP contribution in [0.15, 0.2) is 30.3 Å². The van der Waals surface area contributed by atoms with Crippen LogP contribution in [-0.2, 0) is 4.79 Å². The van der Waals surface area contributed by atoms with Crippen molar-refractivity contribution in [3.63, 3.8) is 0 Å². The summed E-state index contributed by atoms with van der Waals surface area (Å²) in [6, 6.07) is 7.17. The molecule has 0 aromatic heterocycles. The molecule has 1 fully saturated rings. The van der Waals surface area contributed by atoms with Gasteiger partial charge in [0.2, 0.25) is 5.91 Å². The fraction of sp³-hybridized carbons (Fsp3) is 0.300. The van der Waals surface area contributed by atoms with E-state index in [1.54, 1.807) is 12.1 Å². The van der Waals surface area contributed by atoms with E-state index >= 15 is 0 Å². The molecule has 2 atom stereocenters. The van der Waals surface area contributed by atoms with Gasteiger partial charge in [-0.05, 0) is 35.9 Å². The van der Waals surface area contributed by atoms with E-state index in [1.165, 1.54) is 18.2 Å². The van der Waals surface area contributed by atoms with Gasteiger partial charge in [0.15, 0.2) is 0 Å². The smallest absolute Gasteiger partial charge is 0.352 e. The fourth-order valence-electron chi connectivity index (χ4n) is 3.28. The summed E-state index contributed by atoms with van der Waals surface area (Å²) in [7, 11) is 0. The monoisotopic (exact) mass is 580 g/mol. The first-order chi connectivity index (χ1) is 15.2. The molecule has 2 amide bonds. The van der Waals surface area contributed by atoms with Crippen LogP contribution in [0.3, 0.4) is 0 Å². The number of carbonyl (C=O) groups excluding carboxylic acids is 2. The van der Waals surface area contributed by atoms with E-state index in [1.807, 2.05) is 0 Å². The second-order valence-electron chi connectivity index (χ2n) is 7.26. The lowest BCUT2D eigenvalue weighted by atomic mass is 10.1. The highest BCUT2D eigenvalue weighted by Gasteiger charge is 2.67. The Morgan fingerprint density at radius 2 is 1.58 bits per heavy atom. The summed E-state index contributed by atoms with van der Waals surface area (Å²) in [5.74, 6) is -2.95. The van der Waals surface area contributed by atoms with Crippen molar-refractivity contribution < 1.29 is 22.8 Å². The number of benzene rings is 2. The molecule has 1 aliphatic rings. The summed E-state index contributed by atoms with van der Waals surface area (Å²) in [5, 5.41) is 5.09. The molecule has 1 aliphatic carbocycles. The molecule has 0 radical (unpaired) electrons. The first-order valence-corrected chi connectivity index (χ1v) is 11.5. The minimum absolute atomic E-state index is 0.0780. The number of halogens is 9. The van der Waals surface area contributed by atoms with Crippen molar-refractivity contribution in [3.05, 3.63) is 61.5 Å². The van der Waals surface area contributed by atoms with Gasteiger partial charge in [-0.2, -0.15) is 13.2 Å². The number of hydrogen-bond acceptors (Lipinski definition) is 2. The molecule has 178 valence electrons. The molecule has 3 rings (SSSR count). The molecular weight excluding hydrogens is 570 g/mol. The predicted octanol–water partition coefficient (Wildman–Crippen LogP) is 7.51. The van der Waals surface area contributed by atoms with Crippen LogP contribution >= 0.6 is 69.6 Å². The standard InChI is InChI=1S/C20H13Cl6F3N2O2/c21-9-3-8(4-10(22)5-9)14-15(20(14,25)26)18(33)31-11-6-12(16(24)13(23)7-11)17(32)30-2-1-19(27,28)29/h3-7,14-15H,1-2H2,(H,30,32)(H,31,33)/t14-,15+/m0/s1. The van der Waals surface area contributed by atoms with Crippen molar-refractivity contribution in [2.45, 2.75) is 22.8 Å². The summed E-state index contributed by atoms with van der Waals surface area (Å²) in [6.07, 6.45) is -5.65. The van der Waals surface area contributed by atoms with Gasteiger partial charge < -0.3 is 10.6 Å². The first-order valence-electron chi connectivity index (χ1n) is 9.19. The van der Waals surface area contributed by atoms with Crippen molar-refractivity contribution in [2.75, 3.05) is 11.9 Å². The van der Waals surface area contributed by atoms with Crippen LogP contribution in [0.25, 0.3) is 0 Å². The molecule has 4 nitrogen and oxygen atoms in total. The maximum atomic E-state index is 12.9. The molecule has 0 spiro atoms. The molecule has 0 bridgehead atoms.